The van der Waals surface area contributed by atoms with Crippen LogP contribution in [0.25, 0.3) is 0 Å². The number of rotatable bonds is 2. The fourth-order valence-electron chi connectivity index (χ4n) is 0.726. The molecule has 0 heterocycles. The zero-order valence-corrected chi connectivity index (χ0v) is 10.5. The quantitative estimate of drug-likeness (QED) is 0.454. The van der Waals surface area contributed by atoms with Crippen LogP contribution >= 0.6 is 7.82 Å². The molecule has 18 heavy (non-hydrogen) atoms. The molecule has 0 spiro atoms. The van der Waals surface area contributed by atoms with Gasteiger partial charge in [-0.1, -0.05) is 24.3 Å². The third-order valence-electron chi connectivity index (χ3n) is 1.25. The van der Waals surface area contributed by atoms with Crippen LogP contribution in [0.15, 0.2) is 24.3 Å². The molecule has 0 aliphatic heterocycles. The van der Waals surface area contributed by atoms with Crippen molar-refractivity contribution < 1.29 is 33.9 Å². The van der Waals surface area contributed by atoms with E-state index in [1.807, 2.05) is 0 Å². The van der Waals surface area contributed by atoms with Gasteiger partial charge in [0, 0.05) is 17.7 Å². The van der Waals surface area contributed by atoms with Gasteiger partial charge in [-0.3, -0.25) is 9.59 Å². The topological polar surface area (TPSA) is 132 Å². The van der Waals surface area contributed by atoms with Crippen molar-refractivity contribution in [2.75, 3.05) is 6.61 Å². The highest BCUT2D eigenvalue weighted by molar-refractivity contribution is 7.45. The van der Waals surface area contributed by atoms with E-state index in [1.54, 1.807) is 31.2 Å². The lowest BCUT2D eigenvalue weighted by molar-refractivity contribution is 0.109. The van der Waals surface area contributed by atoms with Gasteiger partial charge >= 0.3 is 7.82 Å². The van der Waals surface area contributed by atoms with Crippen LogP contribution in [0.3, 0.4) is 0 Å². The highest BCUT2D eigenvalue weighted by Crippen LogP contribution is 2.25. The van der Waals surface area contributed by atoms with E-state index < -0.39 is 7.82 Å². The van der Waals surface area contributed by atoms with Crippen molar-refractivity contribution in [1.82, 2.24) is 0 Å². The Morgan fingerprint density at radius 2 is 1.28 bits per heavy atom. The standard InChI is InChI=1S/C8H6O2.C2H6O.H3O4P/c9-5-7-3-1-2-4-8(7)6-10;1-2-3;1-5(2,3)4/h1-6H;3H,2H2,1H3;(H3,1,2,3,4). The number of aliphatic hydroxyl groups excluding tert-OH is 1. The maximum atomic E-state index is 10.2. The van der Waals surface area contributed by atoms with Crippen LogP contribution in [0.4, 0.5) is 0 Å². The van der Waals surface area contributed by atoms with Crippen LogP contribution in [0.1, 0.15) is 27.6 Å². The lowest BCUT2D eigenvalue weighted by Crippen LogP contribution is -1.87. The Kier molecular flexibility index (Phi) is 11.3. The number of carbonyl (C=O) groups is 2. The van der Waals surface area contributed by atoms with Gasteiger partial charge in [0.1, 0.15) is 0 Å². The molecule has 0 unspecified atom stereocenters. The van der Waals surface area contributed by atoms with Gasteiger partial charge in [-0.2, -0.15) is 0 Å². The molecule has 8 heteroatoms. The Morgan fingerprint density at radius 1 is 1.06 bits per heavy atom. The van der Waals surface area contributed by atoms with E-state index in [1.165, 1.54) is 0 Å². The summed E-state index contributed by atoms with van der Waals surface area (Å²) in [6.45, 7) is 1.93. The number of benzene rings is 1. The summed E-state index contributed by atoms with van der Waals surface area (Å²) in [7, 11) is -4.64. The summed E-state index contributed by atoms with van der Waals surface area (Å²) >= 11 is 0. The molecule has 0 saturated heterocycles. The molecule has 0 aliphatic rings. The third kappa shape index (κ3) is 14.6. The second kappa shape index (κ2) is 10.8. The van der Waals surface area contributed by atoms with E-state index in [2.05, 4.69) is 0 Å². The minimum absolute atomic E-state index is 0.250. The zero-order chi connectivity index (χ0) is 14.6. The Balaban J connectivity index is 0. The first-order valence-electron chi connectivity index (χ1n) is 4.68. The molecule has 0 fully saturated rings. The fraction of sp³-hybridized carbons (Fsp3) is 0.200. The van der Waals surface area contributed by atoms with E-state index in [0.29, 0.717) is 23.7 Å². The second-order valence-corrected chi connectivity index (χ2v) is 3.72. The SMILES string of the molecule is CCO.O=Cc1ccccc1C=O.O=P(O)(O)O. The van der Waals surface area contributed by atoms with E-state index in [9.17, 15) is 9.59 Å². The van der Waals surface area contributed by atoms with Gasteiger partial charge in [0.2, 0.25) is 0 Å². The van der Waals surface area contributed by atoms with E-state index in [-0.39, 0.29) is 6.61 Å². The smallest absolute Gasteiger partial charge is 0.397 e. The number of hydrogen-bond acceptors (Lipinski definition) is 4. The predicted octanol–water partition coefficient (Wildman–Crippen LogP) is 0.382. The van der Waals surface area contributed by atoms with Gasteiger partial charge in [-0.25, -0.2) is 4.57 Å². The first kappa shape index (κ1) is 19.0. The molecule has 0 aromatic heterocycles. The van der Waals surface area contributed by atoms with Gasteiger partial charge in [0.15, 0.2) is 12.6 Å². The number of phosphoric acid groups is 1. The van der Waals surface area contributed by atoms with E-state index in [0.717, 1.165) is 0 Å². The van der Waals surface area contributed by atoms with Gasteiger partial charge in [0.25, 0.3) is 0 Å². The van der Waals surface area contributed by atoms with Gasteiger partial charge in [-0.05, 0) is 6.92 Å². The van der Waals surface area contributed by atoms with E-state index in [4.69, 9.17) is 24.4 Å². The Hall–Kier alpha value is -1.37. The van der Waals surface area contributed by atoms with Crippen molar-refractivity contribution in [2.45, 2.75) is 6.92 Å². The van der Waals surface area contributed by atoms with E-state index >= 15 is 0 Å². The minimum atomic E-state index is -4.64. The second-order valence-electron chi connectivity index (χ2n) is 2.69. The molecule has 4 N–H and O–H groups in total. The van der Waals surface area contributed by atoms with Crippen LogP contribution in [-0.2, 0) is 4.57 Å². The normalized spacial score (nSPS) is 9.17. The lowest BCUT2D eigenvalue weighted by Gasteiger charge is -1.91. The molecular formula is C10H15O7P. The van der Waals surface area contributed by atoms with Crippen molar-refractivity contribution in [3.8, 4) is 0 Å². The Morgan fingerprint density at radius 3 is 1.44 bits per heavy atom. The number of carbonyl (C=O) groups excluding carboxylic acids is 2. The molecule has 0 atom stereocenters. The van der Waals surface area contributed by atoms with Gasteiger partial charge < -0.3 is 19.8 Å². The summed E-state index contributed by atoms with van der Waals surface area (Å²) in [5.41, 5.74) is 0.884. The van der Waals surface area contributed by atoms with Crippen molar-refractivity contribution in [3.05, 3.63) is 35.4 Å². The number of hydrogen-bond donors (Lipinski definition) is 4. The Labute approximate surface area is 104 Å². The lowest BCUT2D eigenvalue weighted by atomic mass is 10.1. The molecule has 7 nitrogen and oxygen atoms in total. The molecule has 0 aliphatic carbocycles. The molecule has 0 amide bonds. The zero-order valence-electron chi connectivity index (χ0n) is 9.63. The third-order valence-corrected chi connectivity index (χ3v) is 1.25. The summed E-state index contributed by atoms with van der Waals surface area (Å²) in [6, 6.07) is 6.65. The maximum absolute atomic E-state index is 10.2. The molecule has 1 aromatic rings. The van der Waals surface area contributed by atoms with Gasteiger partial charge in [-0.15, -0.1) is 0 Å². The van der Waals surface area contributed by atoms with Crippen LogP contribution < -0.4 is 0 Å². The van der Waals surface area contributed by atoms with Crippen molar-refractivity contribution in [3.63, 3.8) is 0 Å². The molecule has 1 aromatic carbocycles. The Bertz CT molecular complexity index is 364. The summed E-state index contributed by atoms with van der Waals surface area (Å²) in [4.78, 5) is 42.0. The highest BCUT2D eigenvalue weighted by atomic mass is 31.2. The molecule has 102 valence electrons. The summed E-state index contributed by atoms with van der Waals surface area (Å²) in [5, 5.41) is 7.57. The van der Waals surface area contributed by atoms with Crippen molar-refractivity contribution in [2.24, 2.45) is 0 Å². The average Bonchev–Trinajstić information content (AvgIpc) is 2.28. The average molecular weight is 278 g/mol. The largest absolute Gasteiger partial charge is 0.466 e. The maximum Gasteiger partial charge on any atom is 0.466 e. The first-order valence-corrected chi connectivity index (χ1v) is 6.25. The summed E-state index contributed by atoms with van der Waals surface area (Å²) < 4.78 is 8.88. The van der Waals surface area contributed by atoms with Crippen molar-refractivity contribution >= 4 is 20.4 Å². The predicted molar refractivity (Wildman–Crippen MR) is 64.2 cm³/mol. The monoisotopic (exact) mass is 278 g/mol. The highest BCUT2D eigenvalue weighted by Gasteiger charge is 2.00. The molecule has 1 rings (SSSR count). The summed E-state index contributed by atoms with van der Waals surface area (Å²) in [5.74, 6) is 0. The van der Waals surface area contributed by atoms with Gasteiger partial charge in [0.05, 0.1) is 0 Å². The van der Waals surface area contributed by atoms with Crippen LogP contribution in [0, 0.1) is 0 Å². The van der Waals surface area contributed by atoms with Crippen LogP contribution in [0.2, 0.25) is 0 Å². The van der Waals surface area contributed by atoms with Crippen LogP contribution in [-0.4, -0.2) is 39.0 Å². The minimum Gasteiger partial charge on any atom is -0.397 e. The first-order chi connectivity index (χ1) is 8.29. The molecule has 0 saturated carbocycles. The summed E-state index contributed by atoms with van der Waals surface area (Å²) in [6.07, 6.45) is 1.34. The van der Waals surface area contributed by atoms with Crippen LogP contribution in [0.5, 0.6) is 0 Å². The number of aldehydes is 2. The molecular weight excluding hydrogens is 263 g/mol. The molecule has 0 radical (unpaired) electrons. The molecule has 0 bridgehead atoms. The van der Waals surface area contributed by atoms with Crippen molar-refractivity contribution in [1.29, 1.82) is 0 Å². The number of aliphatic hydroxyl groups is 1. The fourth-order valence-corrected chi connectivity index (χ4v) is 0.726.